The first-order chi connectivity index (χ1) is 8.70. The molecule has 1 atom stereocenters. The molecule has 1 aromatic heterocycles. The fourth-order valence-electron chi connectivity index (χ4n) is 1.72. The summed E-state index contributed by atoms with van der Waals surface area (Å²) in [6, 6.07) is 7.90. The third-order valence-electron chi connectivity index (χ3n) is 2.72. The highest BCUT2D eigenvalue weighted by Gasteiger charge is 2.08. The Kier molecular flexibility index (Phi) is 3.57. The number of nitrogens with zero attached hydrogens (tertiary/aromatic N) is 2. The molecule has 0 unspecified atom stereocenters. The van der Waals surface area contributed by atoms with Crippen molar-refractivity contribution in [2.24, 2.45) is 0 Å². The van der Waals surface area contributed by atoms with Gasteiger partial charge in [0.15, 0.2) is 0 Å². The highest BCUT2D eigenvalue weighted by atomic mass is 16.1. The van der Waals surface area contributed by atoms with E-state index < -0.39 is 0 Å². The van der Waals surface area contributed by atoms with Gasteiger partial charge in [-0.25, -0.2) is 4.98 Å². The second-order valence-corrected chi connectivity index (χ2v) is 4.00. The maximum atomic E-state index is 11.3. The molecule has 4 heteroatoms. The standard InChI is InChI=1S/C14H15N3O/c1-3-14(18)16-11(2)12-5-4-6-13(9-12)17-8-7-15-10-17/h3-11H,1H2,2H3,(H,16,18)/t11-/m1/s1. The van der Waals surface area contributed by atoms with Gasteiger partial charge in [-0.3, -0.25) is 4.79 Å². The lowest BCUT2D eigenvalue weighted by molar-refractivity contribution is -0.117. The summed E-state index contributed by atoms with van der Waals surface area (Å²) in [6.07, 6.45) is 6.63. The molecule has 4 nitrogen and oxygen atoms in total. The van der Waals surface area contributed by atoms with Crippen molar-refractivity contribution < 1.29 is 4.79 Å². The lowest BCUT2D eigenvalue weighted by Gasteiger charge is -2.14. The highest BCUT2D eigenvalue weighted by molar-refractivity contribution is 5.87. The first-order valence-electron chi connectivity index (χ1n) is 5.72. The minimum absolute atomic E-state index is 0.0565. The minimum atomic E-state index is -0.171. The van der Waals surface area contributed by atoms with E-state index in [0.29, 0.717) is 0 Å². The first-order valence-corrected chi connectivity index (χ1v) is 5.72. The van der Waals surface area contributed by atoms with Crippen LogP contribution in [0.5, 0.6) is 0 Å². The predicted octanol–water partition coefficient (Wildman–Crippen LogP) is 2.24. The second kappa shape index (κ2) is 5.31. The zero-order valence-electron chi connectivity index (χ0n) is 10.2. The van der Waals surface area contributed by atoms with Crippen LogP contribution in [0.3, 0.4) is 0 Å². The van der Waals surface area contributed by atoms with Gasteiger partial charge in [0, 0.05) is 18.1 Å². The van der Waals surface area contributed by atoms with Gasteiger partial charge in [-0.2, -0.15) is 0 Å². The molecule has 92 valence electrons. The van der Waals surface area contributed by atoms with Gasteiger partial charge in [-0.15, -0.1) is 0 Å². The average molecular weight is 241 g/mol. The Morgan fingerprint density at radius 2 is 2.39 bits per heavy atom. The number of aromatic nitrogens is 2. The van der Waals surface area contributed by atoms with Crippen LogP contribution in [0.15, 0.2) is 55.6 Å². The van der Waals surface area contributed by atoms with Gasteiger partial charge < -0.3 is 9.88 Å². The number of imidazole rings is 1. The van der Waals surface area contributed by atoms with E-state index in [-0.39, 0.29) is 11.9 Å². The lowest BCUT2D eigenvalue weighted by atomic mass is 10.1. The number of carbonyl (C=O) groups excluding carboxylic acids is 1. The maximum absolute atomic E-state index is 11.3. The van der Waals surface area contributed by atoms with Crippen LogP contribution in [0.4, 0.5) is 0 Å². The van der Waals surface area contributed by atoms with Crippen LogP contribution in [0.1, 0.15) is 18.5 Å². The molecule has 0 fully saturated rings. The Balaban J connectivity index is 2.22. The first kappa shape index (κ1) is 12.1. The van der Waals surface area contributed by atoms with Crippen molar-refractivity contribution in [1.29, 1.82) is 0 Å². The van der Waals surface area contributed by atoms with E-state index in [1.165, 1.54) is 6.08 Å². The second-order valence-electron chi connectivity index (χ2n) is 4.00. The van der Waals surface area contributed by atoms with Gasteiger partial charge in [-0.1, -0.05) is 18.7 Å². The summed E-state index contributed by atoms with van der Waals surface area (Å²) in [5.74, 6) is -0.171. The van der Waals surface area contributed by atoms with Gasteiger partial charge in [0.25, 0.3) is 0 Å². The Labute approximate surface area is 106 Å². The van der Waals surface area contributed by atoms with Crippen LogP contribution in [0.25, 0.3) is 5.69 Å². The van der Waals surface area contributed by atoms with Gasteiger partial charge in [0.1, 0.15) is 0 Å². The topological polar surface area (TPSA) is 46.9 Å². The predicted molar refractivity (Wildman–Crippen MR) is 70.3 cm³/mol. The smallest absolute Gasteiger partial charge is 0.243 e. The fraction of sp³-hybridized carbons (Fsp3) is 0.143. The van der Waals surface area contributed by atoms with Gasteiger partial charge in [0.05, 0.1) is 12.4 Å². The number of nitrogens with one attached hydrogen (secondary N) is 1. The summed E-state index contributed by atoms with van der Waals surface area (Å²) in [5.41, 5.74) is 2.06. The molecule has 18 heavy (non-hydrogen) atoms. The lowest BCUT2D eigenvalue weighted by Crippen LogP contribution is -2.24. The molecule has 0 saturated carbocycles. The molecule has 1 N–H and O–H groups in total. The van der Waals surface area contributed by atoms with Crippen molar-refractivity contribution in [3.05, 3.63) is 61.2 Å². The Bertz CT molecular complexity index is 546. The van der Waals surface area contributed by atoms with E-state index in [9.17, 15) is 4.79 Å². The summed E-state index contributed by atoms with van der Waals surface area (Å²) in [6.45, 7) is 5.38. The summed E-state index contributed by atoms with van der Waals surface area (Å²) in [7, 11) is 0. The summed E-state index contributed by atoms with van der Waals surface area (Å²) in [5, 5.41) is 2.84. The fourth-order valence-corrected chi connectivity index (χ4v) is 1.72. The zero-order valence-corrected chi connectivity index (χ0v) is 10.2. The molecule has 0 saturated heterocycles. The Hall–Kier alpha value is -2.36. The van der Waals surface area contributed by atoms with E-state index in [1.54, 1.807) is 12.5 Å². The molecule has 2 rings (SSSR count). The van der Waals surface area contributed by atoms with Gasteiger partial charge >= 0.3 is 0 Å². The molecule has 2 aromatic rings. The van der Waals surface area contributed by atoms with E-state index in [0.717, 1.165) is 11.3 Å². The zero-order chi connectivity index (χ0) is 13.0. The molecule has 0 spiro atoms. The summed E-state index contributed by atoms with van der Waals surface area (Å²) < 4.78 is 1.92. The van der Waals surface area contributed by atoms with E-state index in [2.05, 4.69) is 16.9 Å². The third kappa shape index (κ3) is 2.66. The molecular formula is C14H15N3O. The molecule has 0 aliphatic carbocycles. The van der Waals surface area contributed by atoms with Crippen molar-refractivity contribution in [3.8, 4) is 5.69 Å². The van der Waals surface area contributed by atoms with Crippen LogP contribution in [0, 0.1) is 0 Å². The molecule has 1 amide bonds. The molecule has 0 bridgehead atoms. The van der Waals surface area contributed by atoms with Crippen LogP contribution >= 0.6 is 0 Å². The minimum Gasteiger partial charge on any atom is -0.346 e. The molecule has 0 aliphatic heterocycles. The third-order valence-corrected chi connectivity index (χ3v) is 2.72. The summed E-state index contributed by atoms with van der Waals surface area (Å²) in [4.78, 5) is 15.3. The maximum Gasteiger partial charge on any atom is 0.243 e. The van der Waals surface area contributed by atoms with Gasteiger partial charge in [0.2, 0.25) is 5.91 Å². The number of benzene rings is 1. The Morgan fingerprint density at radius 3 is 3.06 bits per heavy atom. The monoisotopic (exact) mass is 241 g/mol. The quantitative estimate of drug-likeness (QED) is 0.834. The number of hydrogen-bond acceptors (Lipinski definition) is 2. The molecule has 1 heterocycles. The van der Waals surface area contributed by atoms with Crippen LogP contribution in [-0.2, 0) is 4.79 Å². The number of rotatable bonds is 4. The van der Waals surface area contributed by atoms with Crippen molar-refractivity contribution in [3.63, 3.8) is 0 Å². The number of hydrogen-bond donors (Lipinski definition) is 1. The molecule has 1 aromatic carbocycles. The SMILES string of the molecule is C=CC(=O)N[C@H](C)c1cccc(-n2ccnc2)c1. The molecule has 0 aliphatic rings. The van der Waals surface area contributed by atoms with Gasteiger partial charge in [-0.05, 0) is 30.7 Å². The van der Waals surface area contributed by atoms with Crippen LogP contribution in [-0.4, -0.2) is 15.5 Å². The van der Waals surface area contributed by atoms with E-state index in [4.69, 9.17) is 0 Å². The van der Waals surface area contributed by atoms with E-state index in [1.807, 2.05) is 42.0 Å². The van der Waals surface area contributed by atoms with E-state index >= 15 is 0 Å². The normalized spacial score (nSPS) is 11.8. The van der Waals surface area contributed by atoms with Crippen LogP contribution in [0.2, 0.25) is 0 Å². The molecule has 0 radical (unpaired) electrons. The molecular weight excluding hydrogens is 226 g/mol. The number of amides is 1. The van der Waals surface area contributed by atoms with Crippen molar-refractivity contribution in [2.75, 3.05) is 0 Å². The Morgan fingerprint density at radius 1 is 1.56 bits per heavy atom. The highest BCUT2D eigenvalue weighted by Crippen LogP contribution is 2.16. The average Bonchev–Trinajstić information content (AvgIpc) is 2.92. The van der Waals surface area contributed by atoms with Crippen molar-refractivity contribution in [2.45, 2.75) is 13.0 Å². The van der Waals surface area contributed by atoms with Crippen molar-refractivity contribution >= 4 is 5.91 Å². The van der Waals surface area contributed by atoms with Crippen LogP contribution < -0.4 is 5.32 Å². The summed E-state index contributed by atoms with van der Waals surface area (Å²) >= 11 is 0. The largest absolute Gasteiger partial charge is 0.346 e. The number of carbonyl (C=O) groups is 1. The van der Waals surface area contributed by atoms with Crippen molar-refractivity contribution in [1.82, 2.24) is 14.9 Å².